The summed E-state index contributed by atoms with van der Waals surface area (Å²) < 4.78 is 5.36. The van der Waals surface area contributed by atoms with E-state index in [9.17, 15) is 14.8 Å². The molecule has 1 fully saturated rings. The largest absolute Gasteiger partial charge is 0.494 e. The molecule has 1 aliphatic heterocycles. The van der Waals surface area contributed by atoms with E-state index in [4.69, 9.17) is 4.74 Å². The van der Waals surface area contributed by atoms with E-state index in [1.165, 1.54) is 0 Å². The molecule has 1 saturated heterocycles. The van der Waals surface area contributed by atoms with Crippen LogP contribution in [0, 0.1) is 0 Å². The summed E-state index contributed by atoms with van der Waals surface area (Å²) in [6, 6.07) is 14.5. The van der Waals surface area contributed by atoms with E-state index in [2.05, 4.69) is 0 Å². The van der Waals surface area contributed by atoms with Crippen molar-refractivity contribution >= 4 is 23.2 Å². The number of rotatable bonds is 5. The lowest BCUT2D eigenvalue weighted by molar-refractivity contribution is -0.121. The number of benzene rings is 2. The third kappa shape index (κ3) is 2.96. The molecule has 2 aromatic rings. The Balaban J connectivity index is 1.81. The molecule has 6 heteroatoms. The zero-order valence-corrected chi connectivity index (χ0v) is 13.3. The number of amides is 2. The standard InChI is InChI=1S/C18H18N2O4/c1-2-24-15-10-8-13(9-11-15)19-17(21)12-16(18(19)22)20(23)14-6-4-3-5-7-14/h3-11,16,23H,2,12H2,1H3/t16-/m0/s1. The topological polar surface area (TPSA) is 70.1 Å². The van der Waals surface area contributed by atoms with Crippen molar-refractivity contribution in [3.63, 3.8) is 0 Å². The Kier molecular flexibility index (Phi) is 4.48. The number of hydroxylamine groups is 1. The van der Waals surface area contributed by atoms with Crippen LogP contribution in [-0.4, -0.2) is 29.7 Å². The number of hydrogen-bond acceptors (Lipinski definition) is 5. The monoisotopic (exact) mass is 326 g/mol. The molecule has 2 aromatic carbocycles. The number of para-hydroxylation sites is 1. The van der Waals surface area contributed by atoms with Gasteiger partial charge in [-0.15, -0.1) is 0 Å². The van der Waals surface area contributed by atoms with Crippen LogP contribution < -0.4 is 14.7 Å². The number of nitrogens with zero attached hydrogens (tertiary/aromatic N) is 2. The maximum absolute atomic E-state index is 12.6. The van der Waals surface area contributed by atoms with Crippen molar-refractivity contribution in [2.45, 2.75) is 19.4 Å². The number of carbonyl (C=O) groups excluding carboxylic acids is 2. The van der Waals surface area contributed by atoms with Gasteiger partial charge >= 0.3 is 0 Å². The summed E-state index contributed by atoms with van der Waals surface area (Å²) in [6.45, 7) is 2.42. The van der Waals surface area contributed by atoms with Gasteiger partial charge in [0.05, 0.1) is 24.4 Å². The number of hydrogen-bond donors (Lipinski definition) is 1. The molecule has 6 nitrogen and oxygen atoms in total. The molecule has 2 amide bonds. The number of ether oxygens (including phenoxy) is 1. The molecule has 3 rings (SSSR count). The van der Waals surface area contributed by atoms with Gasteiger partial charge in [0.15, 0.2) is 0 Å². The van der Waals surface area contributed by atoms with Crippen LogP contribution in [0.2, 0.25) is 0 Å². The third-order valence-electron chi connectivity index (χ3n) is 3.84. The third-order valence-corrected chi connectivity index (χ3v) is 3.84. The Morgan fingerprint density at radius 2 is 1.79 bits per heavy atom. The second kappa shape index (κ2) is 6.72. The molecule has 24 heavy (non-hydrogen) atoms. The van der Waals surface area contributed by atoms with Crippen molar-refractivity contribution in [2.24, 2.45) is 0 Å². The first-order valence-electron chi connectivity index (χ1n) is 7.74. The molecule has 0 radical (unpaired) electrons. The van der Waals surface area contributed by atoms with Crippen molar-refractivity contribution in [3.05, 3.63) is 54.6 Å². The van der Waals surface area contributed by atoms with Gasteiger partial charge in [-0.25, -0.2) is 9.96 Å². The Labute approximate surface area is 139 Å². The van der Waals surface area contributed by atoms with Crippen LogP contribution >= 0.6 is 0 Å². The zero-order chi connectivity index (χ0) is 17.1. The van der Waals surface area contributed by atoms with Gasteiger partial charge in [0.1, 0.15) is 11.8 Å². The van der Waals surface area contributed by atoms with Crippen molar-refractivity contribution in [1.29, 1.82) is 0 Å². The number of imide groups is 1. The first-order valence-corrected chi connectivity index (χ1v) is 7.74. The van der Waals surface area contributed by atoms with Crippen molar-refractivity contribution in [2.75, 3.05) is 16.6 Å². The molecule has 0 aliphatic carbocycles. The summed E-state index contributed by atoms with van der Waals surface area (Å²) in [5.41, 5.74) is 0.939. The smallest absolute Gasteiger partial charge is 0.259 e. The average molecular weight is 326 g/mol. The molecular weight excluding hydrogens is 308 g/mol. The molecule has 0 saturated carbocycles. The molecule has 0 unspecified atom stereocenters. The molecule has 0 aromatic heterocycles. The zero-order valence-electron chi connectivity index (χ0n) is 13.3. The van der Waals surface area contributed by atoms with Crippen molar-refractivity contribution in [3.8, 4) is 5.75 Å². The van der Waals surface area contributed by atoms with Gasteiger partial charge < -0.3 is 4.74 Å². The molecule has 1 aliphatic rings. The molecule has 1 atom stereocenters. The number of anilines is 2. The lowest BCUT2D eigenvalue weighted by Crippen LogP contribution is -2.40. The Bertz CT molecular complexity index is 730. The van der Waals surface area contributed by atoms with Gasteiger partial charge in [0.25, 0.3) is 5.91 Å². The summed E-state index contributed by atoms with van der Waals surface area (Å²) in [5.74, 6) is -0.121. The van der Waals surface area contributed by atoms with Crippen LogP contribution in [0.15, 0.2) is 54.6 Å². The fourth-order valence-electron chi connectivity index (χ4n) is 2.70. The van der Waals surface area contributed by atoms with E-state index in [1.807, 2.05) is 13.0 Å². The van der Waals surface area contributed by atoms with Gasteiger partial charge in [-0.3, -0.25) is 14.8 Å². The second-order valence-electron chi connectivity index (χ2n) is 5.39. The molecular formula is C18H18N2O4. The van der Waals surface area contributed by atoms with Gasteiger partial charge in [-0.05, 0) is 43.3 Å². The summed E-state index contributed by atoms with van der Waals surface area (Å²) in [6.07, 6.45) is -0.0720. The van der Waals surface area contributed by atoms with Crippen LogP contribution in [-0.2, 0) is 9.59 Å². The van der Waals surface area contributed by atoms with Crippen LogP contribution in [0.5, 0.6) is 5.75 Å². The summed E-state index contributed by atoms with van der Waals surface area (Å²) in [4.78, 5) is 26.0. The van der Waals surface area contributed by atoms with E-state index < -0.39 is 11.9 Å². The van der Waals surface area contributed by atoms with Crippen molar-refractivity contribution in [1.82, 2.24) is 0 Å². The first kappa shape index (κ1) is 16.0. The van der Waals surface area contributed by atoms with Crippen LogP contribution in [0.1, 0.15) is 13.3 Å². The fraction of sp³-hybridized carbons (Fsp3) is 0.222. The maximum atomic E-state index is 12.6. The SMILES string of the molecule is CCOc1ccc(N2C(=O)C[C@H](N(O)c3ccccc3)C2=O)cc1. The Morgan fingerprint density at radius 1 is 1.12 bits per heavy atom. The van der Waals surface area contributed by atoms with Gasteiger partial charge in [0.2, 0.25) is 5.91 Å². The molecule has 124 valence electrons. The maximum Gasteiger partial charge on any atom is 0.259 e. The highest BCUT2D eigenvalue weighted by Crippen LogP contribution is 2.28. The average Bonchev–Trinajstić information content (AvgIpc) is 2.91. The lowest BCUT2D eigenvalue weighted by Gasteiger charge is -2.22. The minimum absolute atomic E-state index is 0.0720. The summed E-state index contributed by atoms with van der Waals surface area (Å²) >= 11 is 0. The number of carbonyl (C=O) groups is 2. The van der Waals surface area contributed by atoms with Crippen LogP contribution in [0.25, 0.3) is 0 Å². The summed E-state index contributed by atoms with van der Waals surface area (Å²) in [7, 11) is 0. The molecule has 1 N–H and O–H groups in total. The Morgan fingerprint density at radius 3 is 2.42 bits per heavy atom. The molecule has 1 heterocycles. The molecule has 0 spiro atoms. The van der Waals surface area contributed by atoms with Gasteiger partial charge in [0, 0.05) is 0 Å². The predicted molar refractivity (Wildman–Crippen MR) is 89.2 cm³/mol. The quantitative estimate of drug-likeness (QED) is 0.675. The summed E-state index contributed by atoms with van der Waals surface area (Å²) in [5, 5.41) is 11.2. The van der Waals surface area contributed by atoms with E-state index in [1.54, 1.807) is 48.5 Å². The van der Waals surface area contributed by atoms with E-state index in [0.29, 0.717) is 23.7 Å². The highest BCUT2D eigenvalue weighted by atomic mass is 16.5. The lowest BCUT2D eigenvalue weighted by atomic mass is 10.2. The first-order chi connectivity index (χ1) is 11.6. The highest BCUT2D eigenvalue weighted by molar-refractivity contribution is 6.23. The van der Waals surface area contributed by atoms with E-state index >= 15 is 0 Å². The van der Waals surface area contributed by atoms with Crippen LogP contribution in [0.4, 0.5) is 11.4 Å². The van der Waals surface area contributed by atoms with Crippen molar-refractivity contribution < 1.29 is 19.5 Å². The minimum atomic E-state index is -0.925. The normalized spacial score (nSPS) is 17.2. The minimum Gasteiger partial charge on any atom is -0.494 e. The fourth-order valence-corrected chi connectivity index (χ4v) is 2.70. The second-order valence-corrected chi connectivity index (χ2v) is 5.39. The van der Waals surface area contributed by atoms with Gasteiger partial charge in [-0.2, -0.15) is 0 Å². The van der Waals surface area contributed by atoms with Crippen LogP contribution in [0.3, 0.4) is 0 Å². The highest BCUT2D eigenvalue weighted by Gasteiger charge is 2.43. The Hall–Kier alpha value is -2.86. The van der Waals surface area contributed by atoms with E-state index in [-0.39, 0.29) is 12.3 Å². The van der Waals surface area contributed by atoms with Gasteiger partial charge in [-0.1, -0.05) is 18.2 Å². The molecule has 0 bridgehead atoms. The predicted octanol–water partition coefficient (Wildman–Crippen LogP) is 2.61. The van der Waals surface area contributed by atoms with E-state index in [0.717, 1.165) is 9.96 Å².